The highest BCUT2D eigenvalue weighted by atomic mass is 16.6. The first-order valence-corrected chi connectivity index (χ1v) is 6.76. The molecule has 0 bridgehead atoms. The average molecular weight is 291 g/mol. The number of ketones is 1. The Labute approximate surface area is 122 Å². The highest BCUT2D eigenvalue weighted by Gasteiger charge is 2.55. The van der Waals surface area contributed by atoms with Gasteiger partial charge in [-0.25, -0.2) is 0 Å². The molecule has 6 nitrogen and oxygen atoms in total. The van der Waals surface area contributed by atoms with E-state index in [0.717, 1.165) is 11.1 Å². The van der Waals surface area contributed by atoms with E-state index < -0.39 is 29.0 Å². The van der Waals surface area contributed by atoms with Crippen molar-refractivity contribution in [1.82, 2.24) is 0 Å². The zero-order valence-corrected chi connectivity index (χ0v) is 12.2. The first-order chi connectivity index (χ1) is 9.81. The second-order valence-electron chi connectivity index (χ2n) is 5.44. The molecule has 6 heteroatoms. The van der Waals surface area contributed by atoms with Crippen molar-refractivity contribution in [2.45, 2.75) is 39.3 Å². The second kappa shape index (κ2) is 5.63. The van der Waals surface area contributed by atoms with Gasteiger partial charge in [0.15, 0.2) is 6.10 Å². The highest BCUT2D eigenvalue weighted by molar-refractivity contribution is 6.00. The summed E-state index contributed by atoms with van der Waals surface area (Å²) < 4.78 is 5.05. The lowest BCUT2D eigenvalue weighted by atomic mass is 10.0. The predicted octanol–water partition coefficient (Wildman–Crippen LogP) is 2.08. The van der Waals surface area contributed by atoms with Crippen molar-refractivity contribution in [2.75, 3.05) is 0 Å². The fourth-order valence-electron chi connectivity index (χ4n) is 2.11. The van der Waals surface area contributed by atoms with Gasteiger partial charge in [-0.2, -0.15) is 0 Å². The number of hydrogen-bond acceptors (Lipinski definition) is 5. The quantitative estimate of drug-likeness (QED) is 0.359. The minimum absolute atomic E-state index is 0.191. The van der Waals surface area contributed by atoms with Crippen molar-refractivity contribution in [2.24, 2.45) is 5.92 Å². The summed E-state index contributed by atoms with van der Waals surface area (Å²) in [6.07, 6.45) is -0.747. The zero-order chi connectivity index (χ0) is 15.7. The van der Waals surface area contributed by atoms with E-state index in [1.54, 1.807) is 12.1 Å². The third-order valence-corrected chi connectivity index (χ3v) is 3.78. The van der Waals surface area contributed by atoms with Crippen LogP contribution in [0.3, 0.4) is 0 Å². The van der Waals surface area contributed by atoms with Gasteiger partial charge in [0.1, 0.15) is 5.92 Å². The van der Waals surface area contributed by atoms with E-state index in [4.69, 9.17) is 4.74 Å². The SMILES string of the molecule is Cc1ccc(C(=O)C(C)OC(=O)C2CC2[N+](=O)[O-])cc1C. The van der Waals surface area contributed by atoms with Crippen molar-refractivity contribution >= 4 is 11.8 Å². The van der Waals surface area contributed by atoms with Crippen LogP contribution in [0, 0.1) is 29.9 Å². The number of hydrogen-bond donors (Lipinski definition) is 0. The van der Waals surface area contributed by atoms with E-state index in [2.05, 4.69) is 0 Å². The summed E-state index contributed by atoms with van der Waals surface area (Å²) >= 11 is 0. The van der Waals surface area contributed by atoms with Crippen LogP contribution in [0.2, 0.25) is 0 Å². The van der Waals surface area contributed by atoms with Crippen LogP contribution >= 0.6 is 0 Å². The fraction of sp³-hybridized carbons (Fsp3) is 0.467. The zero-order valence-electron chi connectivity index (χ0n) is 12.2. The van der Waals surface area contributed by atoms with Gasteiger partial charge < -0.3 is 4.74 Å². The molecule has 3 atom stereocenters. The lowest BCUT2D eigenvalue weighted by molar-refractivity contribution is -0.497. The maximum absolute atomic E-state index is 12.2. The summed E-state index contributed by atoms with van der Waals surface area (Å²) in [5.74, 6) is -1.68. The Bertz CT molecular complexity index is 610. The third kappa shape index (κ3) is 3.26. The number of nitrogens with zero attached hydrogens (tertiary/aromatic N) is 1. The number of nitro groups is 1. The van der Waals surface area contributed by atoms with E-state index in [1.807, 2.05) is 19.9 Å². The van der Waals surface area contributed by atoms with Gasteiger partial charge in [0.05, 0.1) is 0 Å². The third-order valence-electron chi connectivity index (χ3n) is 3.78. The second-order valence-corrected chi connectivity index (χ2v) is 5.44. The Morgan fingerprint density at radius 2 is 2.00 bits per heavy atom. The average Bonchev–Trinajstić information content (AvgIpc) is 3.21. The van der Waals surface area contributed by atoms with Gasteiger partial charge in [0.2, 0.25) is 11.8 Å². The molecule has 0 amide bonds. The lowest BCUT2D eigenvalue weighted by Crippen LogP contribution is -2.26. The van der Waals surface area contributed by atoms with Crippen molar-refractivity contribution < 1.29 is 19.2 Å². The Morgan fingerprint density at radius 3 is 2.52 bits per heavy atom. The minimum Gasteiger partial charge on any atom is -0.454 e. The van der Waals surface area contributed by atoms with Crippen molar-refractivity contribution in [3.8, 4) is 0 Å². The molecule has 1 aromatic carbocycles. The van der Waals surface area contributed by atoms with Gasteiger partial charge in [-0.15, -0.1) is 0 Å². The van der Waals surface area contributed by atoms with Gasteiger partial charge in [-0.3, -0.25) is 19.7 Å². The van der Waals surface area contributed by atoms with Gasteiger partial charge in [-0.1, -0.05) is 12.1 Å². The lowest BCUT2D eigenvalue weighted by Gasteiger charge is -2.12. The van der Waals surface area contributed by atoms with E-state index in [-0.39, 0.29) is 12.2 Å². The fourth-order valence-corrected chi connectivity index (χ4v) is 2.11. The maximum Gasteiger partial charge on any atom is 0.316 e. The summed E-state index contributed by atoms with van der Waals surface area (Å²) in [6.45, 7) is 5.32. The topological polar surface area (TPSA) is 86.5 Å². The van der Waals surface area contributed by atoms with Crippen LogP contribution in [0.5, 0.6) is 0 Å². The molecule has 3 unspecified atom stereocenters. The van der Waals surface area contributed by atoms with Gasteiger partial charge in [0.25, 0.3) is 0 Å². The molecule has 0 saturated heterocycles. The normalized spacial score (nSPS) is 21.5. The molecule has 21 heavy (non-hydrogen) atoms. The van der Waals surface area contributed by atoms with E-state index in [1.165, 1.54) is 6.92 Å². The van der Waals surface area contributed by atoms with Crippen molar-refractivity contribution in [3.05, 3.63) is 45.0 Å². The number of esters is 1. The van der Waals surface area contributed by atoms with Crippen molar-refractivity contribution in [3.63, 3.8) is 0 Å². The highest BCUT2D eigenvalue weighted by Crippen LogP contribution is 2.34. The van der Waals surface area contributed by atoms with E-state index in [9.17, 15) is 19.7 Å². The number of carbonyl (C=O) groups is 2. The number of carbonyl (C=O) groups excluding carboxylic acids is 2. The van der Waals surface area contributed by atoms with Crippen molar-refractivity contribution in [1.29, 1.82) is 0 Å². The van der Waals surface area contributed by atoms with E-state index >= 15 is 0 Å². The summed E-state index contributed by atoms with van der Waals surface area (Å²) in [5.41, 5.74) is 2.53. The first kappa shape index (κ1) is 15.2. The maximum atomic E-state index is 12.2. The molecule has 1 fully saturated rings. The monoisotopic (exact) mass is 291 g/mol. The standard InChI is InChI=1S/C15H17NO5/c1-8-4-5-11(6-9(8)2)14(17)10(3)21-15(18)12-7-13(12)16(19)20/h4-6,10,12-13H,7H2,1-3H3. The Hall–Kier alpha value is -2.24. The Kier molecular flexibility index (Phi) is 4.06. The number of aryl methyl sites for hydroxylation is 2. The Morgan fingerprint density at radius 1 is 1.33 bits per heavy atom. The van der Waals surface area contributed by atoms with Crippen LogP contribution < -0.4 is 0 Å². The summed E-state index contributed by atoms with van der Waals surface area (Å²) in [4.78, 5) is 33.9. The molecule has 112 valence electrons. The molecule has 1 aliphatic carbocycles. The van der Waals surface area contributed by atoms with Crippen LogP contribution in [0.4, 0.5) is 0 Å². The molecule has 2 rings (SSSR count). The molecule has 0 radical (unpaired) electrons. The number of benzene rings is 1. The molecule has 0 heterocycles. The molecule has 0 N–H and O–H groups in total. The summed E-state index contributed by atoms with van der Waals surface area (Å²) in [5, 5.41) is 10.5. The molecule has 0 aliphatic heterocycles. The van der Waals surface area contributed by atoms with Crippen LogP contribution in [0.15, 0.2) is 18.2 Å². The smallest absolute Gasteiger partial charge is 0.316 e. The minimum atomic E-state index is -0.937. The number of Topliss-reactive ketones (excluding diaryl/α,β-unsaturated/α-hetero) is 1. The molecule has 0 aromatic heterocycles. The van der Waals surface area contributed by atoms with Gasteiger partial charge >= 0.3 is 5.97 Å². The molecule has 1 saturated carbocycles. The van der Waals surface area contributed by atoms with Crippen LogP contribution in [-0.2, 0) is 9.53 Å². The van der Waals surface area contributed by atoms with Gasteiger partial charge in [-0.05, 0) is 38.0 Å². The van der Waals surface area contributed by atoms with Crippen LogP contribution in [-0.4, -0.2) is 28.8 Å². The predicted molar refractivity (Wildman–Crippen MR) is 74.7 cm³/mol. The Balaban J connectivity index is 1.98. The number of rotatable bonds is 5. The summed E-state index contributed by atoms with van der Waals surface area (Å²) in [7, 11) is 0. The molecule has 0 spiro atoms. The first-order valence-electron chi connectivity index (χ1n) is 6.76. The molecular weight excluding hydrogens is 274 g/mol. The van der Waals surface area contributed by atoms with E-state index in [0.29, 0.717) is 5.56 Å². The molecule has 1 aromatic rings. The van der Waals surface area contributed by atoms with Crippen LogP contribution in [0.1, 0.15) is 34.8 Å². The molecule has 1 aliphatic rings. The summed E-state index contributed by atoms with van der Waals surface area (Å²) in [6, 6.07) is 4.41. The molecular formula is C15H17NO5. The number of ether oxygens (including phenoxy) is 1. The van der Waals surface area contributed by atoms with Crippen LogP contribution in [0.25, 0.3) is 0 Å². The largest absolute Gasteiger partial charge is 0.454 e. The van der Waals surface area contributed by atoms with Gasteiger partial charge in [0, 0.05) is 16.9 Å².